The van der Waals surface area contributed by atoms with E-state index in [1.165, 1.54) is 61.9 Å². The number of carbonyl (C=O) groups is 1. The molecule has 2 fully saturated rings. The summed E-state index contributed by atoms with van der Waals surface area (Å²) >= 11 is 0. The van der Waals surface area contributed by atoms with Gasteiger partial charge in [-0.1, -0.05) is 31.7 Å². The van der Waals surface area contributed by atoms with Crippen molar-refractivity contribution in [2.45, 2.75) is 64.0 Å². The van der Waals surface area contributed by atoms with Gasteiger partial charge >= 0.3 is 6.03 Å². The molecule has 1 aromatic carbocycles. The van der Waals surface area contributed by atoms with Gasteiger partial charge in [0.05, 0.1) is 11.7 Å². The van der Waals surface area contributed by atoms with E-state index in [9.17, 15) is 4.79 Å². The summed E-state index contributed by atoms with van der Waals surface area (Å²) in [6, 6.07) is 8.55. The van der Waals surface area contributed by atoms with Crippen LogP contribution in [0.15, 0.2) is 42.9 Å². The molecule has 31 heavy (non-hydrogen) atoms. The molecule has 1 saturated heterocycles. The average molecular weight is 418 g/mol. The Kier molecular flexibility index (Phi) is 5.98. The monoisotopic (exact) mass is 417 g/mol. The van der Waals surface area contributed by atoms with Gasteiger partial charge in [0.15, 0.2) is 0 Å². The minimum atomic E-state index is -0.125. The number of fused-ring (bicyclic) bond motifs is 1. The summed E-state index contributed by atoms with van der Waals surface area (Å²) in [5.74, 6) is 0. The molecule has 6 nitrogen and oxygen atoms in total. The van der Waals surface area contributed by atoms with Gasteiger partial charge in [0.1, 0.15) is 0 Å². The van der Waals surface area contributed by atoms with Crippen molar-refractivity contribution in [1.82, 2.24) is 25.0 Å². The van der Waals surface area contributed by atoms with Gasteiger partial charge in [-0.3, -0.25) is 9.88 Å². The molecule has 5 rings (SSSR count). The zero-order chi connectivity index (χ0) is 21.0. The number of likely N-dealkylation sites (tertiary alicyclic amines) is 1. The highest BCUT2D eigenvalue weighted by Crippen LogP contribution is 2.26. The molecule has 2 aliphatic rings. The highest BCUT2D eigenvalue weighted by molar-refractivity contribution is 5.92. The molecule has 1 aliphatic heterocycles. The van der Waals surface area contributed by atoms with E-state index >= 15 is 0 Å². The van der Waals surface area contributed by atoms with Gasteiger partial charge in [-0.05, 0) is 68.1 Å². The lowest BCUT2D eigenvalue weighted by Crippen LogP contribution is -2.39. The number of rotatable bonds is 4. The smallest absolute Gasteiger partial charge is 0.333 e. The zero-order valence-corrected chi connectivity index (χ0v) is 18.1. The second-order valence-electron chi connectivity index (χ2n) is 9.03. The Morgan fingerprint density at radius 1 is 0.935 bits per heavy atom. The van der Waals surface area contributed by atoms with Gasteiger partial charge in [0.2, 0.25) is 0 Å². The Morgan fingerprint density at radius 2 is 1.74 bits per heavy atom. The standard InChI is InChI=1S/C25H31N5O/c31-25(28-23-7-3-1-4-8-23)30-24-10-9-20(14-22(24)17-27-30)21-13-19(15-26-16-21)18-29-11-5-2-6-12-29/h9-10,13-17,23H,1-8,11-12,18H2,(H,28,31). The lowest BCUT2D eigenvalue weighted by Gasteiger charge is -2.26. The lowest BCUT2D eigenvalue weighted by molar-refractivity contribution is 0.220. The lowest BCUT2D eigenvalue weighted by atomic mass is 9.96. The Labute approximate surface area is 183 Å². The van der Waals surface area contributed by atoms with Crippen LogP contribution >= 0.6 is 0 Å². The first-order chi connectivity index (χ1) is 15.3. The van der Waals surface area contributed by atoms with Gasteiger partial charge in [0, 0.05) is 35.9 Å². The third-order valence-corrected chi connectivity index (χ3v) is 6.68. The van der Waals surface area contributed by atoms with Crippen molar-refractivity contribution in [3.63, 3.8) is 0 Å². The van der Waals surface area contributed by atoms with Gasteiger partial charge in [0.25, 0.3) is 0 Å². The van der Waals surface area contributed by atoms with Crippen molar-refractivity contribution >= 4 is 16.9 Å². The first-order valence-corrected chi connectivity index (χ1v) is 11.7. The molecule has 1 aliphatic carbocycles. The largest absolute Gasteiger partial charge is 0.342 e. The summed E-state index contributed by atoms with van der Waals surface area (Å²) in [4.78, 5) is 19.8. The number of pyridine rings is 1. The van der Waals surface area contributed by atoms with E-state index in [2.05, 4.69) is 38.5 Å². The van der Waals surface area contributed by atoms with Crippen LogP contribution in [0.1, 0.15) is 56.9 Å². The minimum Gasteiger partial charge on any atom is -0.333 e. The van der Waals surface area contributed by atoms with Gasteiger partial charge in [-0.25, -0.2) is 4.79 Å². The number of hydrogen-bond donors (Lipinski definition) is 1. The van der Waals surface area contributed by atoms with Crippen LogP contribution in [0, 0.1) is 0 Å². The SMILES string of the molecule is O=C(NC1CCCCC1)n1ncc2cc(-c3cncc(CN4CCCCC4)c3)ccc21. The minimum absolute atomic E-state index is 0.125. The fraction of sp³-hybridized carbons (Fsp3) is 0.480. The Hall–Kier alpha value is -2.73. The predicted octanol–water partition coefficient (Wildman–Crippen LogP) is 4.97. The second kappa shape index (κ2) is 9.18. The third kappa shape index (κ3) is 4.64. The van der Waals surface area contributed by atoms with Gasteiger partial charge < -0.3 is 5.32 Å². The molecular weight excluding hydrogens is 386 g/mol. The number of benzene rings is 1. The molecule has 3 aromatic rings. The predicted molar refractivity (Wildman–Crippen MR) is 123 cm³/mol. The molecule has 0 radical (unpaired) electrons. The molecule has 6 heteroatoms. The third-order valence-electron chi connectivity index (χ3n) is 6.68. The fourth-order valence-electron chi connectivity index (χ4n) is 4.96. The molecule has 1 N–H and O–H groups in total. The quantitative estimate of drug-likeness (QED) is 0.651. The van der Waals surface area contributed by atoms with Crippen LogP contribution in [0.25, 0.3) is 22.0 Å². The van der Waals surface area contributed by atoms with Gasteiger partial charge in [-0.15, -0.1) is 0 Å². The van der Waals surface area contributed by atoms with E-state index < -0.39 is 0 Å². The van der Waals surface area contributed by atoms with E-state index in [0.29, 0.717) is 0 Å². The number of hydrogen-bond acceptors (Lipinski definition) is 4. The Morgan fingerprint density at radius 3 is 2.58 bits per heavy atom. The first-order valence-electron chi connectivity index (χ1n) is 11.7. The van der Waals surface area contributed by atoms with Crippen molar-refractivity contribution in [3.05, 3.63) is 48.4 Å². The Balaban J connectivity index is 1.33. The van der Waals surface area contributed by atoms with Gasteiger partial charge in [-0.2, -0.15) is 9.78 Å². The number of amides is 1. The topological polar surface area (TPSA) is 63.1 Å². The summed E-state index contributed by atoms with van der Waals surface area (Å²) in [5, 5.41) is 8.50. The van der Waals surface area contributed by atoms with Crippen LogP contribution in [-0.4, -0.2) is 44.8 Å². The van der Waals surface area contributed by atoms with Crippen molar-refractivity contribution in [3.8, 4) is 11.1 Å². The molecule has 0 atom stereocenters. The number of nitrogens with zero attached hydrogens (tertiary/aromatic N) is 4. The van der Waals surface area contributed by atoms with Crippen LogP contribution in [-0.2, 0) is 6.54 Å². The molecule has 0 spiro atoms. The number of carbonyl (C=O) groups excluding carboxylic acids is 1. The van der Waals surface area contributed by atoms with E-state index in [-0.39, 0.29) is 12.1 Å². The number of piperidine rings is 1. The van der Waals surface area contributed by atoms with E-state index in [1.807, 2.05) is 18.5 Å². The summed E-state index contributed by atoms with van der Waals surface area (Å²) in [6.07, 6.45) is 15.4. The maximum absolute atomic E-state index is 12.8. The molecule has 3 heterocycles. The second-order valence-corrected chi connectivity index (χ2v) is 9.03. The maximum atomic E-state index is 12.8. The molecule has 2 aromatic heterocycles. The van der Waals surface area contributed by atoms with E-state index in [1.54, 1.807) is 6.20 Å². The molecule has 0 unspecified atom stereocenters. The number of aromatic nitrogens is 3. The fourth-order valence-corrected chi connectivity index (χ4v) is 4.96. The van der Waals surface area contributed by atoms with Crippen molar-refractivity contribution in [2.75, 3.05) is 13.1 Å². The molecule has 0 bridgehead atoms. The van der Waals surface area contributed by atoms with Crippen molar-refractivity contribution in [2.24, 2.45) is 0 Å². The number of nitrogens with one attached hydrogen (secondary N) is 1. The summed E-state index contributed by atoms with van der Waals surface area (Å²) in [7, 11) is 0. The first kappa shape index (κ1) is 20.2. The summed E-state index contributed by atoms with van der Waals surface area (Å²) < 4.78 is 1.50. The van der Waals surface area contributed by atoms with E-state index in [0.717, 1.165) is 41.4 Å². The van der Waals surface area contributed by atoms with Crippen molar-refractivity contribution < 1.29 is 4.79 Å². The highest BCUT2D eigenvalue weighted by atomic mass is 16.2. The van der Waals surface area contributed by atoms with Crippen molar-refractivity contribution in [1.29, 1.82) is 0 Å². The molecular formula is C25H31N5O. The zero-order valence-electron chi connectivity index (χ0n) is 18.1. The van der Waals surface area contributed by atoms with Crippen LogP contribution < -0.4 is 5.32 Å². The van der Waals surface area contributed by atoms with Crippen LogP contribution in [0.5, 0.6) is 0 Å². The molecule has 162 valence electrons. The maximum Gasteiger partial charge on any atom is 0.342 e. The van der Waals surface area contributed by atoms with E-state index in [4.69, 9.17) is 0 Å². The average Bonchev–Trinajstić information content (AvgIpc) is 3.24. The summed E-state index contributed by atoms with van der Waals surface area (Å²) in [5.41, 5.74) is 4.31. The molecule has 1 amide bonds. The highest BCUT2D eigenvalue weighted by Gasteiger charge is 2.18. The molecule has 1 saturated carbocycles. The van der Waals surface area contributed by atoms with Crippen LogP contribution in [0.2, 0.25) is 0 Å². The van der Waals surface area contributed by atoms with Crippen LogP contribution in [0.4, 0.5) is 4.79 Å². The normalized spacial score (nSPS) is 18.3. The van der Waals surface area contributed by atoms with Crippen LogP contribution in [0.3, 0.4) is 0 Å². The Bertz CT molecular complexity index is 1050. The summed E-state index contributed by atoms with van der Waals surface area (Å²) in [6.45, 7) is 3.32.